The fourth-order valence-electron chi connectivity index (χ4n) is 2.49. The first-order valence-corrected chi connectivity index (χ1v) is 6.14. The molecule has 0 spiro atoms. The first kappa shape index (κ1) is 12.5. The van der Waals surface area contributed by atoms with Crippen LogP contribution in [0.4, 0.5) is 0 Å². The summed E-state index contributed by atoms with van der Waals surface area (Å²) in [6.45, 7) is 7.89. The van der Waals surface area contributed by atoms with E-state index < -0.39 is 0 Å². The molecule has 0 aromatic carbocycles. The molecule has 0 bridgehead atoms. The fourth-order valence-corrected chi connectivity index (χ4v) is 2.49. The van der Waals surface area contributed by atoms with Crippen molar-refractivity contribution < 1.29 is 4.79 Å². The first-order valence-electron chi connectivity index (χ1n) is 6.14. The molecule has 0 radical (unpaired) electrons. The molecule has 0 aliphatic carbocycles. The number of hydrogen-bond donors (Lipinski definition) is 1. The van der Waals surface area contributed by atoms with Gasteiger partial charge in [-0.15, -0.1) is 0 Å². The van der Waals surface area contributed by atoms with Gasteiger partial charge in [-0.05, 0) is 38.6 Å². The molecule has 88 valence electrons. The summed E-state index contributed by atoms with van der Waals surface area (Å²) >= 11 is 0. The fraction of sp³-hybridized carbons (Fsp3) is 0.917. The van der Waals surface area contributed by atoms with Gasteiger partial charge in [0.05, 0.1) is 0 Å². The van der Waals surface area contributed by atoms with E-state index in [0.29, 0.717) is 24.4 Å². The number of amides is 1. The Hall–Kier alpha value is -0.570. The Morgan fingerprint density at radius 1 is 1.47 bits per heavy atom. The van der Waals surface area contributed by atoms with Crippen LogP contribution < -0.4 is 5.73 Å². The predicted molar refractivity (Wildman–Crippen MR) is 62.4 cm³/mol. The molecule has 1 amide bonds. The molecule has 2 unspecified atom stereocenters. The molecule has 3 heteroatoms. The van der Waals surface area contributed by atoms with Crippen LogP contribution >= 0.6 is 0 Å². The Kier molecular flexibility index (Phi) is 4.58. The maximum absolute atomic E-state index is 12.2. The Morgan fingerprint density at radius 3 is 2.47 bits per heavy atom. The molecular weight excluding hydrogens is 188 g/mol. The predicted octanol–water partition coefficient (Wildman–Crippen LogP) is 1.62. The topological polar surface area (TPSA) is 46.3 Å². The Bertz CT molecular complexity index is 214. The number of hydrogen-bond acceptors (Lipinski definition) is 2. The summed E-state index contributed by atoms with van der Waals surface area (Å²) in [6.07, 6.45) is 2.97. The lowest BCUT2D eigenvalue weighted by molar-refractivity contribution is -0.136. The third kappa shape index (κ3) is 2.71. The molecule has 1 heterocycles. The van der Waals surface area contributed by atoms with Crippen molar-refractivity contribution in [2.45, 2.75) is 46.1 Å². The zero-order valence-electron chi connectivity index (χ0n) is 10.2. The van der Waals surface area contributed by atoms with Crippen molar-refractivity contribution in [1.29, 1.82) is 0 Å². The highest BCUT2D eigenvalue weighted by atomic mass is 16.2. The van der Waals surface area contributed by atoms with Gasteiger partial charge in [-0.25, -0.2) is 0 Å². The molecule has 3 nitrogen and oxygen atoms in total. The summed E-state index contributed by atoms with van der Waals surface area (Å²) in [5, 5.41) is 0. The minimum absolute atomic E-state index is 0.212. The number of carbonyl (C=O) groups excluding carboxylic acids is 1. The lowest BCUT2D eigenvalue weighted by Crippen LogP contribution is -2.38. The summed E-state index contributed by atoms with van der Waals surface area (Å²) in [6, 6.07) is 0.381. The van der Waals surface area contributed by atoms with Crippen LogP contribution in [0.3, 0.4) is 0 Å². The maximum Gasteiger partial charge on any atom is 0.225 e. The van der Waals surface area contributed by atoms with E-state index in [9.17, 15) is 4.79 Å². The second-order valence-electron chi connectivity index (χ2n) is 4.69. The molecular formula is C12H24N2O. The SMILES string of the molecule is CCC(CC)C(=O)N1CC(CN)CC1C. The van der Waals surface area contributed by atoms with Crippen molar-refractivity contribution in [1.82, 2.24) is 4.90 Å². The third-order valence-corrected chi connectivity index (χ3v) is 3.61. The minimum Gasteiger partial charge on any atom is -0.339 e. The van der Waals surface area contributed by atoms with Crippen LogP contribution in [-0.4, -0.2) is 29.9 Å². The van der Waals surface area contributed by atoms with Crippen LogP contribution in [0.15, 0.2) is 0 Å². The van der Waals surface area contributed by atoms with Crippen LogP contribution in [0.25, 0.3) is 0 Å². The Balaban J connectivity index is 2.60. The quantitative estimate of drug-likeness (QED) is 0.769. The molecule has 1 aliphatic heterocycles. The van der Waals surface area contributed by atoms with Gasteiger partial charge >= 0.3 is 0 Å². The number of likely N-dealkylation sites (tertiary alicyclic amines) is 1. The smallest absolute Gasteiger partial charge is 0.225 e. The van der Waals surface area contributed by atoms with Gasteiger partial charge in [0, 0.05) is 18.5 Å². The van der Waals surface area contributed by atoms with Gasteiger partial charge in [0.1, 0.15) is 0 Å². The molecule has 1 fully saturated rings. The molecule has 2 atom stereocenters. The normalized spacial score (nSPS) is 26.3. The van der Waals surface area contributed by atoms with E-state index >= 15 is 0 Å². The third-order valence-electron chi connectivity index (χ3n) is 3.61. The standard InChI is InChI=1S/C12H24N2O/c1-4-11(5-2)12(15)14-8-10(7-13)6-9(14)3/h9-11H,4-8,13H2,1-3H3. The van der Waals surface area contributed by atoms with Gasteiger partial charge < -0.3 is 10.6 Å². The summed E-state index contributed by atoms with van der Waals surface area (Å²) in [4.78, 5) is 14.2. The zero-order valence-corrected chi connectivity index (χ0v) is 10.2. The second kappa shape index (κ2) is 5.50. The average Bonchev–Trinajstić information content (AvgIpc) is 2.61. The van der Waals surface area contributed by atoms with Crippen molar-refractivity contribution in [2.24, 2.45) is 17.6 Å². The van der Waals surface area contributed by atoms with Crippen molar-refractivity contribution in [3.63, 3.8) is 0 Å². The molecule has 1 saturated heterocycles. The average molecular weight is 212 g/mol. The lowest BCUT2D eigenvalue weighted by Gasteiger charge is -2.25. The van der Waals surface area contributed by atoms with E-state index in [1.54, 1.807) is 0 Å². The van der Waals surface area contributed by atoms with Crippen LogP contribution in [0, 0.1) is 11.8 Å². The van der Waals surface area contributed by atoms with E-state index in [1.165, 1.54) is 0 Å². The van der Waals surface area contributed by atoms with Crippen molar-refractivity contribution in [3.05, 3.63) is 0 Å². The largest absolute Gasteiger partial charge is 0.339 e. The van der Waals surface area contributed by atoms with Gasteiger partial charge in [-0.2, -0.15) is 0 Å². The minimum atomic E-state index is 0.212. The van der Waals surface area contributed by atoms with Crippen molar-refractivity contribution in [2.75, 3.05) is 13.1 Å². The van der Waals surface area contributed by atoms with Crippen LogP contribution in [-0.2, 0) is 4.79 Å². The van der Waals surface area contributed by atoms with Gasteiger partial charge in [0.15, 0.2) is 0 Å². The number of carbonyl (C=O) groups is 1. The molecule has 1 aliphatic rings. The maximum atomic E-state index is 12.2. The van der Waals surface area contributed by atoms with Crippen molar-refractivity contribution in [3.8, 4) is 0 Å². The number of nitrogens with zero attached hydrogens (tertiary/aromatic N) is 1. The highest BCUT2D eigenvalue weighted by Gasteiger charge is 2.33. The van der Waals surface area contributed by atoms with E-state index in [0.717, 1.165) is 25.8 Å². The zero-order chi connectivity index (χ0) is 11.4. The van der Waals surface area contributed by atoms with Gasteiger partial charge in [0.25, 0.3) is 0 Å². The molecule has 0 aromatic heterocycles. The van der Waals surface area contributed by atoms with E-state index in [1.807, 2.05) is 4.90 Å². The Labute approximate surface area is 93.0 Å². The highest BCUT2D eigenvalue weighted by molar-refractivity contribution is 5.79. The number of nitrogens with two attached hydrogens (primary N) is 1. The van der Waals surface area contributed by atoms with E-state index in [2.05, 4.69) is 20.8 Å². The highest BCUT2D eigenvalue weighted by Crippen LogP contribution is 2.25. The monoisotopic (exact) mass is 212 g/mol. The first-order chi connectivity index (χ1) is 7.13. The summed E-state index contributed by atoms with van der Waals surface area (Å²) < 4.78 is 0. The number of rotatable bonds is 4. The summed E-state index contributed by atoms with van der Waals surface area (Å²) in [5.74, 6) is 1.06. The Morgan fingerprint density at radius 2 is 2.07 bits per heavy atom. The summed E-state index contributed by atoms with van der Waals surface area (Å²) in [5.41, 5.74) is 5.66. The van der Waals surface area contributed by atoms with Crippen molar-refractivity contribution >= 4 is 5.91 Å². The van der Waals surface area contributed by atoms with Crippen LogP contribution in [0.5, 0.6) is 0 Å². The summed E-state index contributed by atoms with van der Waals surface area (Å²) in [7, 11) is 0. The molecule has 0 aromatic rings. The second-order valence-corrected chi connectivity index (χ2v) is 4.69. The van der Waals surface area contributed by atoms with Crippen LogP contribution in [0.2, 0.25) is 0 Å². The molecule has 2 N–H and O–H groups in total. The lowest BCUT2D eigenvalue weighted by atomic mass is 10.0. The van der Waals surface area contributed by atoms with Gasteiger partial charge in [-0.3, -0.25) is 4.79 Å². The van der Waals surface area contributed by atoms with E-state index in [4.69, 9.17) is 5.73 Å². The van der Waals surface area contributed by atoms with E-state index in [-0.39, 0.29) is 5.92 Å². The van der Waals surface area contributed by atoms with Gasteiger partial charge in [-0.1, -0.05) is 13.8 Å². The van der Waals surface area contributed by atoms with Crippen LogP contribution in [0.1, 0.15) is 40.0 Å². The molecule has 1 rings (SSSR count). The molecule has 0 saturated carbocycles. The molecule has 15 heavy (non-hydrogen) atoms. The van der Waals surface area contributed by atoms with Gasteiger partial charge in [0.2, 0.25) is 5.91 Å².